The number of thiocarbonyl (C=S) groups is 1. The fourth-order valence-electron chi connectivity index (χ4n) is 4.07. The zero-order chi connectivity index (χ0) is 21.8. The van der Waals surface area contributed by atoms with Gasteiger partial charge in [0.25, 0.3) is 0 Å². The van der Waals surface area contributed by atoms with Crippen molar-refractivity contribution in [2.45, 2.75) is 19.4 Å². The Balaban J connectivity index is 1.26. The van der Waals surface area contributed by atoms with Crippen molar-refractivity contribution in [1.29, 1.82) is 0 Å². The number of morpholine rings is 1. The van der Waals surface area contributed by atoms with Gasteiger partial charge in [-0.15, -0.1) is 0 Å². The monoisotopic (exact) mass is 456 g/mol. The van der Waals surface area contributed by atoms with Crippen molar-refractivity contribution in [2.24, 2.45) is 0 Å². The first kappa shape index (κ1) is 21.0. The van der Waals surface area contributed by atoms with E-state index >= 15 is 0 Å². The van der Waals surface area contributed by atoms with E-state index in [1.54, 1.807) is 0 Å². The molecule has 0 bridgehead atoms. The third-order valence-electron chi connectivity index (χ3n) is 5.75. The maximum Gasteiger partial charge on any atom is 0.232 e. The van der Waals surface area contributed by atoms with E-state index in [4.69, 9.17) is 36.4 Å². The largest absolute Gasteiger partial charge is 0.486 e. The number of ether oxygens (including phenoxy) is 3. The fourth-order valence-corrected chi connectivity index (χ4v) is 4.23. The van der Waals surface area contributed by atoms with Crippen LogP contribution < -0.4 is 29.9 Å². The normalized spacial score (nSPS) is 17.9. The zero-order valence-electron chi connectivity index (χ0n) is 18.0. The van der Waals surface area contributed by atoms with Crippen LogP contribution in [0.25, 0.3) is 0 Å². The Morgan fingerprint density at radius 3 is 2.31 bits per heavy atom. The molecule has 1 aromatic heterocycles. The first-order valence-electron chi connectivity index (χ1n) is 11.1. The molecule has 0 radical (unpaired) electrons. The highest BCUT2D eigenvalue weighted by molar-refractivity contribution is 7.80. The average Bonchev–Trinajstić information content (AvgIpc) is 3.38. The van der Waals surface area contributed by atoms with E-state index in [9.17, 15) is 0 Å². The van der Waals surface area contributed by atoms with E-state index in [1.807, 2.05) is 18.2 Å². The summed E-state index contributed by atoms with van der Waals surface area (Å²) in [6.07, 6.45) is 2.38. The predicted molar refractivity (Wildman–Crippen MR) is 127 cm³/mol. The van der Waals surface area contributed by atoms with Crippen molar-refractivity contribution in [1.82, 2.24) is 15.3 Å². The minimum absolute atomic E-state index is 0.478. The molecule has 2 fully saturated rings. The SMILES string of the molecule is S=C(NCc1ccc2c(c1)OCCO2)Nc1nc(N2CCCC2)cc(N2CCOCC2)n1. The lowest BCUT2D eigenvalue weighted by Crippen LogP contribution is -2.37. The van der Waals surface area contributed by atoms with Crippen LogP contribution in [0.4, 0.5) is 17.6 Å². The van der Waals surface area contributed by atoms with Crippen molar-refractivity contribution in [3.05, 3.63) is 29.8 Å². The highest BCUT2D eigenvalue weighted by Gasteiger charge is 2.20. The van der Waals surface area contributed by atoms with Crippen LogP contribution in [-0.4, -0.2) is 67.7 Å². The molecule has 2 aromatic rings. The number of anilines is 3. The summed E-state index contributed by atoms with van der Waals surface area (Å²) >= 11 is 5.53. The molecule has 2 saturated heterocycles. The molecule has 0 spiro atoms. The van der Waals surface area contributed by atoms with Crippen molar-refractivity contribution >= 4 is 34.9 Å². The molecule has 10 heteroatoms. The van der Waals surface area contributed by atoms with E-state index < -0.39 is 0 Å². The number of hydrogen-bond donors (Lipinski definition) is 2. The summed E-state index contributed by atoms with van der Waals surface area (Å²) in [6, 6.07) is 7.99. The van der Waals surface area contributed by atoms with E-state index in [1.165, 1.54) is 12.8 Å². The van der Waals surface area contributed by atoms with Crippen molar-refractivity contribution in [3.8, 4) is 11.5 Å². The first-order chi connectivity index (χ1) is 15.7. The molecule has 0 saturated carbocycles. The van der Waals surface area contributed by atoms with Gasteiger partial charge in [-0.05, 0) is 42.8 Å². The lowest BCUT2D eigenvalue weighted by molar-refractivity contribution is 0.122. The average molecular weight is 457 g/mol. The molecule has 9 nitrogen and oxygen atoms in total. The summed E-state index contributed by atoms with van der Waals surface area (Å²) in [5.74, 6) is 3.91. The third kappa shape index (κ3) is 4.97. The molecule has 0 amide bonds. The van der Waals surface area contributed by atoms with Crippen LogP contribution in [0.2, 0.25) is 0 Å². The van der Waals surface area contributed by atoms with Crippen LogP contribution in [0.5, 0.6) is 11.5 Å². The van der Waals surface area contributed by atoms with E-state index in [2.05, 4.69) is 26.5 Å². The van der Waals surface area contributed by atoms with Crippen molar-refractivity contribution in [2.75, 3.05) is 67.7 Å². The molecular formula is C22H28N6O3S. The molecule has 0 atom stereocenters. The Labute approximate surface area is 193 Å². The number of fused-ring (bicyclic) bond motifs is 1. The number of nitrogens with one attached hydrogen (secondary N) is 2. The first-order valence-corrected chi connectivity index (χ1v) is 11.6. The second-order valence-electron chi connectivity index (χ2n) is 7.99. The standard InChI is InChI=1S/C22H28N6O3S/c32-22(23-15-16-3-4-17-18(13-16)31-12-11-30-17)26-21-24-19(27-5-1-2-6-27)14-20(25-21)28-7-9-29-10-8-28/h3-4,13-14H,1-2,5-12,15H2,(H2,23,24,25,26,32). The molecule has 0 unspecified atom stereocenters. The highest BCUT2D eigenvalue weighted by atomic mass is 32.1. The minimum Gasteiger partial charge on any atom is -0.486 e. The van der Waals surface area contributed by atoms with Crippen molar-refractivity contribution in [3.63, 3.8) is 0 Å². The Hall–Kier alpha value is -2.85. The van der Waals surface area contributed by atoms with E-state index in [-0.39, 0.29) is 0 Å². The van der Waals surface area contributed by atoms with Gasteiger partial charge in [0.1, 0.15) is 24.8 Å². The number of hydrogen-bond acceptors (Lipinski definition) is 8. The van der Waals surface area contributed by atoms with Crippen LogP contribution in [0, 0.1) is 0 Å². The summed E-state index contributed by atoms with van der Waals surface area (Å²) in [4.78, 5) is 14.0. The van der Waals surface area contributed by atoms with Gasteiger partial charge < -0.3 is 34.6 Å². The summed E-state index contributed by atoms with van der Waals surface area (Å²) in [6.45, 7) is 6.82. The molecular weight excluding hydrogens is 428 g/mol. The van der Waals surface area contributed by atoms with Gasteiger partial charge in [-0.25, -0.2) is 0 Å². The number of rotatable bonds is 5. The van der Waals surface area contributed by atoms with Gasteiger partial charge in [0.2, 0.25) is 5.95 Å². The van der Waals surface area contributed by atoms with Crippen LogP contribution >= 0.6 is 12.2 Å². The van der Waals surface area contributed by atoms with Gasteiger partial charge in [0.05, 0.1) is 13.2 Å². The van der Waals surface area contributed by atoms with Gasteiger partial charge >= 0.3 is 0 Å². The molecule has 1 aromatic carbocycles. The van der Waals surface area contributed by atoms with Crippen LogP contribution in [0.15, 0.2) is 24.3 Å². The van der Waals surface area contributed by atoms with Gasteiger partial charge in [0.15, 0.2) is 16.6 Å². The second-order valence-corrected chi connectivity index (χ2v) is 8.40. The minimum atomic E-state index is 0.478. The predicted octanol–water partition coefficient (Wildman–Crippen LogP) is 2.17. The number of aromatic nitrogens is 2. The molecule has 3 aliphatic rings. The zero-order valence-corrected chi connectivity index (χ0v) is 18.8. The molecule has 0 aliphatic carbocycles. The van der Waals surface area contributed by atoms with Crippen molar-refractivity contribution < 1.29 is 14.2 Å². The molecule has 2 N–H and O–H groups in total. The maximum atomic E-state index is 5.66. The summed E-state index contributed by atoms with van der Waals surface area (Å²) in [5.41, 5.74) is 1.05. The lowest BCUT2D eigenvalue weighted by atomic mass is 10.2. The summed E-state index contributed by atoms with van der Waals surface area (Å²) in [7, 11) is 0. The lowest BCUT2D eigenvalue weighted by Gasteiger charge is -2.29. The molecule has 3 aliphatic heterocycles. The van der Waals surface area contributed by atoms with Gasteiger partial charge in [-0.1, -0.05) is 6.07 Å². The Morgan fingerprint density at radius 1 is 0.875 bits per heavy atom. The van der Waals surface area contributed by atoms with Crippen LogP contribution in [0.3, 0.4) is 0 Å². The quantitative estimate of drug-likeness (QED) is 0.653. The molecule has 4 heterocycles. The van der Waals surface area contributed by atoms with Crippen LogP contribution in [0.1, 0.15) is 18.4 Å². The summed E-state index contributed by atoms with van der Waals surface area (Å²) < 4.78 is 16.7. The fraction of sp³-hybridized carbons (Fsp3) is 0.500. The third-order valence-corrected chi connectivity index (χ3v) is 6.00. The molecule has 32 heavy (non-hydrogen) atoms. The van der Waals surface area contributed by atoms with E-state index in [0.717, 1.165) is 54.9 Å². The number of nitrogens with zero attached hydrogens (tertiary/aromatic N) is 4. The van der Waals surface area contributed by atoms with Gasteiger partial charge in [-0.2, -0.15) is 9.97 Å². The molecule has 5 rings (SSSR count). The highest BCUT2D eigenvalue weighted by Crippen LogP contribution is 2.30. The Morgan fingerprint density at radius 2 is 1.56 bits per heavy atom. The van der Waals surface area contributed by atoms with Gasteiger partial charge in [-0.3, -0.25) is 0 Å². The second kappa shape index (κ2) is 9.74. The van der Waals surface area contributed by atoms with Gasteiger partial charge in [0, 0.05) is 38.8 Å². The Kier molecular flexibility index (Phi) is 6.40. The number of benzene rings is 1. The molecule has 170 valence electrons. The Bertz CT molecular complexity index is 963. The topological polar surface area (TPSA) is 84.0 Å². The van der Waals surface area contributed by atoms with E-state index in [0.29, 0.717) is 44.0 Å². The smallest absolute Gasteiger partial charge is 0.232 e. The van der Waals surface area contributed by atoms with Crippen LogP contribution in [-0.2, 0) is 11.3 Å². The maximum absolute atomic E-state index is 5.66. The summed E-state index contributed by atoms with van der Waals surface area (Å²) in [5, 5.41) is 6.89.